The molecule has 3 heterocycles. The third-order valence-electron chi connectivity index (χ3n) is 8.05. The van der Waals surface area contributed by atoms with E-state index in [1.165, 1.54) is 0 Å². The Balaban J connectivity index is 1.43. The first kappa shape index (κ1) is 27.6. The lowest BCUT2D eigenvalue weighted by molar-refractivity contribution is -0.139. The van der Waals surface area contributed by atoms with Crippen LogP contribution in [0.2, 0.25) is 0 Å². The molecule has 2 bridgehead atoms. The normalized spacial score (nSPS) is 28.8. The summed E-state index contributed by atoms with van der Waals surface area (Å²) in [6.45, 7) is 0.498. The molecule has 6 atom stereocenters. The van der Waals surface area contributed by atoms with E-state index < -0.39 is 29.6 Å². The van der Waals surface area contributed by atoms with Crippen LogP contribution in [0.3, 0.4) is 0 Å². The highest BCUT2D eigenvalue weighted by molar-refractivity contribution is 9.09. The number of unbranched alkanes of at least 4 members (excludes halogenated alkanes) is 3. The predicted molar refractivity (Wildman–Crippen MR) is 150 cm³/mol. The molecule has 2 aromatic rings. The van der Waals surface area contributed by atoms with Crippen molar-refractivity contribution in [3.05, 3.63) is 54.6 Å². The summed E-state index contributed by atoms with van der Waals surface area (Å²) < 4.78 is 11.8. The highest BCUT2D eigenvalue weighted by atomic mass is 79.9. The lowest BCUT2D eigenvalue weighted by atomic mass is 9.70. The van der Waals surface area contributed by atoms with Crippen LogP contribution in [0.1, 0.15) is 32.1 Å². The average molecular weight is 601 g/mol. The Labute approximate surface area is 236 Å². The van der Waals surface area contributed by atoms with Crippen molar-refractivity contribution in [1.82, 2.24) is 4.90 Å². The number of rotatable bonds is 11. The lowest BCUT2D eigenvalue weighted by Gasteiger charge is -2.34. The minimum absolute atomic E-state index is 0.126. The van der Waals surface area contributed by atoms with Gasteiger partial charge in [-0.2, -0.15) is 0 Å². The molecule has 3 saturated heterocycles. The van der Waals surface area contributed by atoms with E-state index in [1.807, 2.05) is 18.2 Å². The van der Waals surface area contributed by atoms with Crippen LogP contribution in [0.15, 0.2) is 54.6 Å². The number of aliphatic hydroxyl groups is 1. The summed E-state index contributed by atoms with van der Waals surface area (Å²) in [7, 11) is 1.57. The molecule has 5 rings (SSSR count). The average Bonchev–Trinajstić information content (AvgIpc) is 3.53. The van der Waals surface area contributed by atoms with Gasteiger partial charge in [0, 0.05) is 29.4 Å². The summed E-state index contributed by atoms with van der Waals surface area (Å²) in [5.74, 6) is -1.66. The third kappa shape index (κ3) is 5.17. The Kier molecular flexibility index (Phi) is 8.25. The Morgan fingerprint density at radius 3 is 2.38 bits per heavy atom. The van der Waals surface area contributed by atoms with E-state index >= 15 is 0 Å². The maximum Gasteiger partial charge on any atom is 0.250 e. The van der Waals surface area contributed by atoms with Crippen LogP contribution in [0.25, 0.3) is 0 Å². The number of hydrogen-bond donors (Lipinski definition) is 3. The molecule has 0 aliphatic carbocycles. The van der Waals surface area contributed by atoms with Crippen molar-refractivity contribution in [1.29, 1.82) is 0 Å². The second kappa shape index (κ2) is 11.7. The molecular formula is C29H34BrN3O6. The molecule has 2 aromatic carbocycles. The number of carbonyl (C=O) groups excluding carboxylic acids is 3. The third-order valence-corrected chi connectivity index (χ3v) is 8.89. The first-order chi connectivity index (χ1) is 18.9. The summed E-state index contributed by atoms with van der Waals surface area (Å²) in [5.41, 5.74) is 0.110. The minimum Gasteiger partial charge on any atom is -0.497 e. The Bertz CT molecular complexity index is 1200. The molecule has 208 valence electrons. The van der Waals surface area contributed by atoms with Gasteiger partial charge >= 0.3 is 0 Å². The quantitative estimate of drug-likeness (QED) is 0.268. The maximum atomic E-state index is 14.0. The molecule has 39 heavy (non-hydrogen) atoms. The number of anilines is 2. The number of carbonyl (C=O) groups is 3. The van der Waals surface area contributed by atoms with Crippen molar-refractivity contribution in [3.8, 4) is 5.75 Å². The fourth-order valence-electron chi connectivity index (χ4n) is 6.35. The van der Waals surface area contributed by atoms with E-state index in [9.17, 15) is 14.4 Å². The number of methoxy groups -OCH3 is 1. The molecule has 1 spiro atoms. The number of halogens is 1. The number of amides is 3. The van der Waals surface area contributed by atoms with Gasteiger partial charge < -0.3 is 30.1 Å². The van der Waals surface area contributed by atoms with Crippen molar-refractivity contribution in [2.75, 3.05) is 30.9 Å². The summed E-state index contributed by atoms with van der Waals surface area (Å²) in [4.78, 5) is 43.0. The monoisotopic (exact) mass is 599 g/mol. The Hall–Kier alpha value is -2.95. The number of nitrogens with zero attached hydrogens (tertiary/aromatic N) is 1. The van der Waals surface area contributed by atoms with Crippen LogP contribution in [0.4, 0.5) is 11.4 Å². The van der Waals surface area contributed by atoms with Gasteiger partial charge in [0.25, 0.3) is 0 Å². The molecule has 3 fully saturated rings. The molecule has 0 aromatic heterocycles. The van der Waals surface area contributed by atoms with E-state index in [0.29, 0.717) is 42.9 Å². The second-order valence-corrected chi connectivity index (χ2v) is 11.6. The zero-order valence-corrected chi connectivity index (χ0v) is 23.4. The summed E-state index contributed by atoms with van der Waals surface area (Å²) in [6.07, 6.45) is 2.95. The van der Waals surface area contributed by atoms with Gasteiger partial charge in [-0.25, -0.2) is 0 Å². The second-order valence-electron chi connectivity index (χ2n) is 10.4. The molecule has 9 nitrogen and oxygen atoms in total. The zero-order valence-electron chi connectivity index (χ0n) is 21.8. The maximum absolute atomic E-state index is 14.0. The minimum atomic E-state index is -1.11. The first-order valence-electron chi connectivity index (χ1n) is 13.4. The molecule has 3 amide bonds. The van der Waals surface area contributed by atoms with E-state index in [4.69, 9.17) is 14.6 Å². The Morgan fingerprint density at radius 2 is 1.69 bits per heavy atom. The number of para-hydroxylation sites is 1. The van der Waals surface area contributed by atoms with Gasteiger partial charge in [-0.3, -0.25) is 14.4 Å². The molecule has 3 unspecified atom stereocenters. The van der Waals surface area contributed by atoms with Crippen LogP contribution < -0.4 is 15.4 Å². The van der Waals surface area contributed by atoms with Crippen molar-refractivity contribution in [2.24, 2.45) is 11.8 Å². The van der Waals surface area contributed by atoms with Crippen LogP contribution in [0, 0.1) is 11.8 Å². The largest absolute Gasteiger partial charge is 0.497 e. The molecule has 0 radical (unpaired) electrons. The summed E-state index contributed by atoms with van der Waals surface area (Å²) in [5, 5.41) is 15.0. The molecule has 0 saturated carbocycles. The Morgan fingerprint density at radius 1 is 1.03 bits per heavy atom. The lowest BCUT2D eigenvalue weighted by Crippen LogP contribution is -2.54. The first-order valence-corrected chi connectivity index (χ1v) is 14.3. The smallest absolute Gasteiger partial charge is 0.250 e. The van der Waals surface area contributed by atoms with Crippen LogP contribution in [-0.4, -0.2) is 70.6 Å². The van der Waals surface area contributed by atoms with Crippen LogP contribution in [-0.2, 0) is 19.1 Å². The fourth-order valence-corrected chi connectivity index (χ4v) is 7.29. The zero-order chi connectivity index (χ0) is 27.6. The molecule has 3 N–H and O–H groups in total. The van der Waals surface area contributed by atoms with Crippen molar-refractivity contribution >= 4 is 45.0 Å². The number of ether oxygens (including phenoxy) is 2. The van der Waals surface area contributed by atoms with E-state index in [-0.39, 0.29) is 29.2 Å². The highest BCUT2D eigenvalue weighted by Gasteiger charge is 2.76. The topological polar surface area (TPSA) is 117 Å². The molecule has 3 aliphatic heterocycles. The molecule has 10 heteroatoms. The SMILES string of the molecule is COc1ccc(NC(=O)C2N(CCCCCCO)C(=O)[C@@H]3[C@H](C(=O)Nc4ccccc4)[C@H]4OC23CC4Br)cc1. The standard InChI is InChI=1S/C29H34BrN3O6/c1-38-20-13-11-19(12-14-20)32-27(36)25-29-17-21(30)24(39-29)22(26(35)31-18-9-5-4-6-10-18)23(29)28(37)33(25)15-7-2-3-8-16-34/h4-6,9-14,21-25,34H,2-3,7-8,15-17H2,1H3,(H,31,35)(H,32,36)/t21?,22-,23-,24-,25?,29?/m0/s1. The molecular weight excluding hydrogens is 566 g/mol. The number of alkyl halides is 1. The predicted octanol–water partition coefficient (Wildman–Crippen LogP) is 3.57. The van der Waals surface area contributed by atoms with Crippen LogP contribution in [0.5, 0.6) is 5.75 Å². The van der Waals surface area contributed by atoms with E-state index in [0.717, 1.165) is 12.8 Å². The van der Waals surface area contributed by atoms with Gasteiger partial charge in [0.15, 0.2) is 0 Å². The van der Waals surface area contributed by atoms with Gasteiger partial charge in [-0.1, -0.05) is 47.0 Å². The van der Waals surface area contributed by atoms with Gasteiger partial charge in [-0.05, 0) is 55.7 Å². The fraction of sp³-hybridized carbons (Fsp3) is 0.483. The summed E-state index contributed by atoms with van der Waals surface area (Å²) >= 11 is 3.70. The number of likely N-dealkylation sites (tertiary alicyclic amines) is 1. The van der Waals surface area contributed by atoms with Crippen LogP contribution >= 0.6 is 15.9 Å². The number of nitrogens with one attached hydrogen (secondary N) is 2. The number of fused-ring (bicyclic) bond motifs is 1. The van der Waals surface area contributed by atoms with Crippen molar-refractivity contribution in [2.45, 2.75) is 54.7 Å². The van der Waals surface area contributed by atoms with Crippen molar-refractivity contribution < 1.29 is 29.0 Å². The van der Waals surface area contributed by atoms with Crippen molar-refractivity contribution in [3.63, 3.8) is 0 Å². The van der Waals surface area contributed by atoms with Gasteiger partial charge in [0.2, 0.25) is 17.7 Å². The van der Waals surface area contributed by atoms with Gasteiger partial charge in [0.05, 0.1) is 25.0 Å². The molecule has 3 aliphatic rings. The number of aliphatic hydroxyl groups excluding tert-OH is 1. The summed E-state index contributed by atoms with van der Waals surface area (Å²) in [6, 6.07) is 15.3. The van der Waals surface area contributed by atoms with Gasteiger partial charge in [-0.15, -0.1) is 0 Å². The highest BCUT2D eigenvalue weighted by Crippen LogP contribution is 2.60. The van der Waals surface area contributed by atoms with E-state index in [2.05, 4.69) is 26.6 Å². The van der Waals surface area contributed by atoms with Gasteiger partial charge in [0.1, 0.15) is 17.4 Å². The number of hydrogen-bond acceptors (Lipinski definition) is 6. The van der Waals surface area contributed by atoms with E-state index in [1.54, 1.807) is 48.4 Å². The number of benzene rings is 2.